The molecule has 0 spiro atoms. The Morgan fingerprint density at radius 2 is 1.55 bits per heavy atom. The number of benzene rings is 2. The second-order valence-corrected chi connectivity index (χ2v) is 5.39. The molecule has 102 valence electrons. The molecule has 0 unspecified atom stereocenters. The minimum atomic E-state index is 0. The van der Waals surface area contributed by atoms with Gasteiger partial charge in [0.1, 0.15) is 5.75 Å². The normalized spacial score (nSPS) is 10.0. The fourth-order valence-electron chi connectivity index (χ4n) is 2.00. The monoisotopic (exact) mass is 303 g/mol. The quantitative estimate of drug-likeness (QED) is 0.668. The van der Waals surface area contributed by atoms with E-state index in [2.05, 4.69) is 18.2 Å². The maximum atomic E-state index is 9.95. The third kappa shape index (κ3) is 2.79. The molecule has 0 aliphatic carbocycles. The molecule has 1 aromatic heterocycles. The smallest absolute Gasteiger partial charge is 0.126 e. The number of aromatic hydroxyl groups is 1. The van der Waals surface area contributed by atoms with Crippen LogP contribution in [0.15, 0.2) is 60.7 Å². The van der Waals surface area contributed by atoms with Crippen LogP contribution >= 0.6 is 23.7 Å². The number of thiophene rings is 1. The van der Waals surface area contributed by atoms with Gasteiger partial charge in [-0.2, -0.15) is 0 Å². The SMILES string of the molecule is Cl.Nc1ccc(-c2ccc(-c3ccccc3)s2)c(O)c1. The van der Waals surface area contributed by atoms with Crippen molar-refractivity contribution in [3.63, 3.8) is 0 Å². The third-order valence-electron chi connectivity index (χ3n) is 2.95. The van der Waals surface area contributed by atoms with Crippen molar-refractivity contribution in [2.75, 3.05) is 5.73 Å². The van der Waals surface area contributed by atoms with Gasteiger partial charge < -0.3 is 10.8 Å². The lowest BCUT2D eigenvalue weighted by atomic mass is 10.1. The minimum absolute atomic E-state index is 0. The van der Waals surface area contributed by atoms with Gasteiger partial charge in [0.05, 0.1) is 0 Å². The standard InChI is InChI=1S/C16H13NOS.ClH/c17-12-6-7-13(14(18)10-12)16-9-8-15(19-16)11-4-2-1-3-5-11;/h1-10,18H,17H2;1H. The molecule has 20 heavy (non-hydrogen) atoms. The van der Waals surface area contributed by atoms with E-state index in [-0.39, 0.29) is 18.2 Å². The number of phenolic OH excluding ortho intramolecular Hbond substituents is 1. The number of nitrogen functional groups attached to an aromatic ring is 1. The lowest BCUT2D eigenvalue weighted by molar-refractivity contribution is 0.478. The molecule has 0 aliphatic heterocycles. The van der Waals surface area contributed by atoms with Gasteiger partial charge in [0.15, 0.2) is 0 Å². The van der Waals surface area contributed by atoms with Crippen molar-refractivity contribution in [3.8, 4) is 26.6 Å². The topological polar surface area (TPSA) is 46.2 Å². The molecule has 2 nitrogen and oxygen atoms in total. The van der Waals surface area contributed by atoms with E-state index in [4.69, 9.17) is 5.73 Å². The molecule has 0 amide bonds. The molecule has 0 atom stereocenters. The molecule has 1 heterocycles. The second kappa shape index (κ2) is 5.99. The van der Waals surface area contributed by atoms with Crippen LogP contribution in [-0.4, -0.2) is 5.11 Å². The summed E-state index contributed by atoms with van der Waals surface area (Å²) >= 11 is 1.66. The van der Waals surface area contributed by atoms with Crippen LogP contribution in [0.2, 0.25) is 0 Å². The van der Waals surface area contributed by atoms with Crippen LogP contribution in [0.4, 0.5) is 5.69 Å². The summed E-state index contributed by atoms with van der Waals surface area (Å²) in [5.41, 5.74) is 8.23. The van der Waals surface area contributed by atoms with Crippen LogP contribution in [-0.2, 0) is 0 Å². The Balaban J connectivity index is 0.00000147. The van der Waals surface area contributed by atoms with Gasteiger partial charge in [0.25, 0.3) is 0 Å². The van der Waals surface area contributed by atoms with E-state index in [1.54, 1.807) is 23.5 Å². The van der Waals surface area contributed by atoms with Crippen LogP contribution in [0.3, 0.4) is 0 Å². The zero-order chi connectivity index (χ0) is 13.2. The van der Waals surface area contributed by atoms with Crippen molar-refractivity contribution >= 4 is 29.4 Å². The summed E-state index contributed by atoms with van der Waals surface area (Å²) in [6, 6.07) is 19.6. The number of hydrogen-bond donors (Lipinski definition) is 2. The summed E-state index contributed by atoms with van der Waals surface area (Å²) in [5, 5.41) is 9.95. The molecule has 3 N–H and O–H groups in total. The lowest BCUT2D eigenvalue weighted by Gasteiger charge is -2.02. The first-order chi connectivity index (χ1) is 9.24. The highest BCUT2D eigenvalue weighted by Crippen LogP contribution is 2.38. The Labute approximate surface area is 127 Å². The van der Waals surface area contributed by atoms with Gasteiger partial charge in [-0.15, -0.1) is 23.7 Å². The molecule has 0 aliphatic rings. The van der Waals surface area contributed by atoms with E-state index in [0.717, 1.165) is 10.4 Å². The van der Waals surface area contributed by atoms with Gasteiger partial charge in [0.2, 0.25) is 0 Å². The van der Waals surface area contributed by atoms with Crippen molar-refractivity contribution in [1.82, 2.24) is 0 Å². The maximum Gasteiger partial charge on any atom is 0.126 e. The Morgan fingerprint density at radius 3 is 2.25 bits per heavy atom. The molecule has 3 rings (SSSR count). The largest absolute Gasteiger partial charge is 0.507 e. The van der Waals surface area contributed by atoms with Crippen molar-refractivity contribution in [2.45, 2.75) is 0 Å². The molecular formula is C16H14ClNOS. The number of halogens is 1. The number of nitrogens with two attached hydrogens (primary N) is 1. The van der Waals surface area contributed by atoms with Crippen molar-refractivity contribution < 1.29 is 5.11 Å². The summed E-state index contributed by atoms with van der Waals surface area (Å²) in [5.74, 6) is 0.224. The van der Waals surface area contributed by atoms with E-state index >= 15 is 0 Å². The maximum absolute atomic E-state index is 9.95. The highest BCUT2D eigenvalue weighted by atomic mass is 35.5. The number of rotatable bonds is 2. The van der Waals surface area contributed by atoms with Gasteiger partial charge in [-0.05, 0) is 29.8 Å². The lowest BCUT2D eigenvalue weighted by Crippen LogP contribution is -1.84. The van der Waals surface area contributed by atoms with Crippen LogP contribution in [0.5, 0.6) is 5.75 Å². The second-order valence-electron chi connectivity index (χ2n) is 4.31. The molecule has 0 radical (unpaired) electrons. The van der Waals surface area contributed by atoms with E-state index in [0.29, 0.717) is 5.69 Å². The highest BCUT2D eigenvalue weighted by Gasteiger charge is 2.08. The average Bonchev–Trinajstić information content (AvgIpc) is 2.89. The van der Waals surface area contributed by atoms with Crippen LogP contribution in [0.25, 0.3) is 20.9 Å². The average molecular weight is 304 g/mol. The fraction of sp³-hybridized carbons (Fsp3) is 0. The first-order valence-corrected chi connectivity index (χ1v) is 6.80. The molecule has 0 saturated heterocycles. The van der Waals surface area contributed by atoms with Gasteiger partial charge in [-0.3, -0.25) is 0 Å². The molecule has 3 aromatic rings. The minimum Gasteiger partial charge on any atom is -0.507 e. The van der Waals surface area contributed by atoms with Crippen molar-refractivity contribution in [1.29, 1.82) is 0 Å². The predicted octanol–water partition coefficient (Wildman–Crippen LogP) is 4.79. The highest BCUT2D eigenvalue weighted by molar-refractivity contribution is 7.18. The van der Waals surface area contributed by atoms with Crippen molar-refractivity contribution in [2.24, 2.45) is 0 Å². The summed E-state index contributed by atoms with van der Waals surface area (Å²) in [4.78, 5) is 2.23. The Bertz CT molecular complexity index is 710. The van der Waals surface area contributed by atoms with E-state index in [1.165, 1.54) is 10.4 Å². The van der Waals surface area contributed by atoms with Gasteiger partial charge in [0, 0.05) is 27.1 Å². The number of hydrogen-bond acceptors (Lipinski definition) is 3. The Morgan fingerprint density at radius 1 is 0.850 bits per heavy atom. The molecule has 0 fully saturated rings. The summed E-state index contributed by atoms with van der Waals surface area (Å²) in [7, 11) is 0. The molecule has 4 heteroatoms. The van der Waals surface area contributed by atoms with Crippen molar-refractivity contribution in [3.05, 3.63) is 60.7 Å². The van der Waals surface area contributed by atoms with Crippen LogP contribution < -0.4 is 5.73 Å². The third-order valence-corrected chi connectivity index (χ3v) is 4.12. The van der Waals surface area contributed by atoms with Crippen LogP contribution in [0.1, 0.15) is 0 Å². The first kappa shape index (κ1) is 14.4. The number of phenols is 1. The molecule has 0 saturated carbocycles. The molecular weight excluding hydrogens is 290 g/mol. The zero-order valence-electron chi connectivity index (χ0n) is 10.6. The van der Waals surface area contributed by atoms with E-state index in [1.807, 2.05) is 30.3 Å². The van der Waals surface area contributed by atoms with Gasteiger partial charge in [-0.1, -0.05) is 30.3 Å². The molecule has 0 bridgehead atoms. The van der Waals surface area contributed by atoms with Gasteiger partial charge >= 0.3 is 0 Å². The summed E-state index contributed by atoms with van der Waals surface area (Å²) in [6.45, 7) is 0. The molecule has 2 aromatic carbocycles. The summed E-state index contributed by atoms with van der Waals surface area (Å²) < 4.78 is 0. The van der Waals surface area contributed by atoms with Gasteiger partial charge in [-0.25, -0.2) is 0 Å². The predicted molar refractivity (Wildman–Crippen MR) is 88.5 cm³/mol. The van der Waals surface area contributed by atoms with Crippen LogP contribution in [0, 0.1) is 0 Å². The zero-order valence-corrected chi connectivity index (χ0v) is 12.2. The van der Waals surface area contributed by atoms with E-state index in [9.17, 15) is 5.11 Å². The fourth-order valence-corrected chi connectivity index (χ4v) is 3.04. The summed E-state index contributed by atoms with van der Waals surface area (Å²) in [6.07, 6.45) is 0. The Kier molecular flexibility index (Phi) is 4.32. The van der Waals surface area contributed by atoms with E-state index < -0.39 is 0 Å². The number of anilines is 1. The Hall–Kier alpha value is -1.97. The first-order valence-electron chi connectivity index (χ1n) is 5.98.